The number of halogens is 1. The zero-order chi connectivity index (χ0) is 11.8. The van der Waals surface area contributed by atoms with Crippen molar-refractivity contribution in [1.82, 2.24) is 0 Å². The Morgan fingerprint density at radius 1 is 1.19 bits per heavy atom. The maximum Gasteiger partial charge on any atom is 0.261 e. The molecule has 0 N–H and O–H groups in total. The molecule has 0 fully saturated rings. The second kappa shape index (κ2) is 3.96. The summed E-state index contributed by atoms with van der Waals surface area (Å²) in [4.78, 5) is 0.0460. The molecule has 0 heterocycles. The fraction of sp³-hybridized carbons (Fsp3) is 0.0909. The molecule has 3 nitrogen and oxygen atoms in total. The highest BCUT2D eigenvalue weighted by atomic mass is 35.7. The number of methoxy groups -OCH3 is 1. The molecule has 0 bridgehead atoms. The van der Waals surface area contributed by atoms with Gasteiger partial charge in [-0.05, 0) is 11.5 Å². The number of rotatable bonds is 2. The van der Waals surface area contributed by atoms with Gasteiger partial charge in [-0.1, -0.05) is 24.3 Å². The van der Waals surface area contributed by atoms with E-state index in [2.05, 4.69) is 0 Å². The Morgan fingerprint density at radius 3 is 2.50 bits per heavy atom. The normalized spacial score (nSPS) is 11.6. The fourth-order valence-electron chi connectivity index (χ4n) is 1.56. The van der Waals surface area contributed by atoms with Gasteiger partial charge in [-0.25, -0.2) is 8.42 Å². The van der Waals surface area contributed by atoms with E-state index in [0.29, 0.717) is 5.75 Å². The average Bonchev–Trinajstić information content (AvgIpc) is 2.26. The van der Waals surface area contributed by atoms with E-state index in [0.717, 1.165) is 10.8 Å². The predicted octanol–water partition coefficient (Wildman–Crippen LogP) is 2.78. The number of hydrogen-bond donors (Lipinski definition) is 0. The average molecular weight is 257 g/mol. The van der Waals surface area contributed by atoms with Crippen molar-refractivity contribution in [3.05, 3.63) is 36.4 Å². The monoisotopic (exact) mass is 256 g/mol. The number of ether oxygens (including phenoxy) is 1. The summed E-state index contributed by atoms with van der Waals surface area (Å²) in [5.41, 5.74) is 0. The molecule has 16 heavy (non-hydrogen) atoms. The van der Waals surface area contributed by atoms with Gasteiger partial charge in [0.1, 0.15) is 5.75 Å². The Morgan fingerprint density at radius 2 is 1.88 bits per heavy atom. The van der Waals surface area contributed by atoms with Gasteiger partial charge in [0.05, 0.1) is 12.0 Å². The summed E-state index contributed by atoms with van der Waals surface area (Å²) in [7, 11) is 3.06. The van der Waals surface area contributed by atoms with Gasteiger partial charge < -0.3 is 4.74 Å². The molecule has 0 atom stereocenters. The van der Waals surface area contributed by atoms with Gasteiger partial charge in [0.25, 0.3) is 9.05 Å². The highest BCUT2D eigenvalue weighted by Crippen LogP contribution is 2.30. The molecule has 0 aliphatic carbocycles. The van der Waals surface area contributed by atoms with E-state index in [4.69, 9.17) is 15.4 Å². The van der Waals surface area contributed by atoms with Crippen molar-refractivity contribution in [3.63, 3.8) is 0 Å². The van der Waals surface area contributed by atoms with Gasteiger partial charge in [-0.2, -0.15) is 0 Å². The lowest BCUT2D eigenvalue weighted by Gasteiger charge is -2.07. The van der Waals surface area contributed by atoms with Crippen LogP contribution in [0.2, 0.25) is 0 Å². The van der Waals surface area contributed by atoms with Crippen LogP contribution in [0.15, 0.2) is 41.3 Å². The van der Waals surface area contributed by atoms with Crippen molar-refractivity contribution in [2.24, 2.45) is 0 Å². The summed E-state index contributed by atoms with van der Waals surface area (Å²) in [5, 5.41) is 1.63. The Labute approximate surface area is 98.0 Å². The van der Waals surface area contributed by atoms with Crippen LogP contribution in [-0.2, 0) is 9.05 Å². The first kappa shape index (κ1) is 11.2. The Balaban J connectivity index is 2.83. The molecule has 2 rings (SSSR count). The molecular formula is C11H9ClO3S. The third kappa shape index (κ3) is 1.99. The van der Waals surface area contributed by atoms with Crippen LogP contribution in [-0.4, -0.2) is 15.5 Å². The van der Waals surface area contributed by atoms with Crippen molar-refractivity contribution < 1.29 is 13.2 Å². The topological polar surface area (TPSA) is 43.4 Å². The van der Waals surface area contributed by atoms with Crippen LogP contribution < -0.4 is 4.74 Å². The standard InChI is InChI=1S/C11H9ClO3S/c1-15-11-7-9(16(12,13)14)6-8-4-2-3-5-10(8)11/h2-7H,1H3. The Hall–Kier alpha value is -1.26. The fourth-order valence-corrected chi connectivity index (χ4v) is 2.34. The summed E-state index contributed by atoms with van der Waals surface area (Å²) in [6.07, 6.45) is 0. The van der Waals surface area contributed by atoms with Crippen LogP contribution in [0.4, 0.5) is 0 Å². The minimum Gasteiger partial charge on any atom is -0.496 e. The lowest BCUT2D eigenvalue weighted by Crippen LogP contribution is -1.93. The molecule has 5 heteroatoms. The van der Waals surface area contributed by atoms with Crippen LogP contribution in [0.3, 0.4) is 0 Å². The molecule has 2 aromatic rings. The van der Waals surface area contributed by atoms with Crippen molar-refractivity contribution >= 4 is 30.5 Å². The van der Waals surface area contributed by atoms with Crippen molar-refractivity contribution in [1.29, 1.82) is 0 Å². The van der Waals surface area contributed by atoms with Crippen LogP contribution in [0.1, 0.15) is 0 Å². The lowest BCUT2D eigenvalue weighted by molar-refractivity contribution is 0.418. The summed E-state index contributed by atoms with van der Waals surface area (Å²) in [6.45, 7) is 0. The summed E-state index contributed by atoms with van der Waals surface area (Å²) in [6, 6.07) is 10.3. The van der Waals surface area contributed by atoms with E-state index >= 15 is 0 Å². The number of fused-ring (bicyclic) bond motifs is 1. The van der Waals surface area contributed by atoms with Gasteiger partial charge in [-0.15, -0.1) is 0 Å². The van der Waals surface area contributed by atoms with Crippen molar-refractivity contribution in [2.75, 3.05) is 7.11 Å². The molecular weight excluding hydrogens is 248 g/mol. The van der Waals surface area contributed by atoms with Gasteiger partial charge in [-0.3, -0.25) is 0 Å². The zero-order valence-corrected chi connectivity index (χ0v) is 10.0. The summed E-state index contributed by atoms with van der Waals surface area (Å²) in [5.74, 6) is 0.498. The largest absolute Gasteiger partial charge is 0.496 e. The Bertz CT molecular complexity index is 635. The molecule has 0 aliphatic rings. The van der Waals surface area contributed by atoms with E-state index < -0.39 is 9.05 Å². The van der Waals surface area contributed by atoms with E-state index in [1.807, 2.05) is 24.3 Å². The smallest absolute Gasteiger partial charge is 0.261 e. The molecule has 0 radical (unpaired) electrons. The zero-order valence-electron chi connectivity index (χ0n) is 8.48. The van der Waals surface area contributed by atoms with E-state index in [9.17, 15) is 8.42 Å². The van der Waals surface area contributed by atoms with Crippen LogP contribution in [0, 0.1) is 0 Å². The summed E-state index contributed by atoms with van der Waals surface area (Å²) >= 11 is 0. The van der Waals surface area contributed by atoms with Crippen LogP contribution in [0.5, 0.6) is 5.75 Å². The van der Waals surface area contributed by atoms with Crippen molar-refractivity contribution in [3.8, 4) is 5.75 Å². The van der Waals surface area contributed by atoms with Crippen LogP contribution in [0.25, 0.3) is 10.8 Å². The molecule has 0 saturated heterocycles. The molecule has 0 aliphatic heterocycles. The minimum absolute atomic E-state index is 0.0460. The predicted molar refractivity (Wildman–Crippen MR) is 63.5 cm³/mol. The minimum atomic E-state index is -3.73. The van der Waals surface area contributed by atoms with Crippen molar-refractivity contribution in [2.45, 2.75) is 4.90 Å². The first-order valence-corrected chi connectivity index (χ1v) is 6.85. The highest BCUT2D eigenvalue weighted by molar-refractivity contribution is 8.13. The second-order valence-electron chi connectivity index (χ2n) is 3.28. The number of benzene rings is 2. The first-order valence-electron chi connectivity index (χ1n) is 4.54. The third-order valence-electron chi connectivity index (χ3n) is 2.30. The maximum absolute atomic E-state index is 11.3. The number of hydrogen-bond acceptors (Lipinski definition) is 3. The highest BCUT2D eigenvalue weighted by Gasteiger charge is 2.13. The molecule has 0 spiro atoms. The molecule has 0 saturated carbocycles. The molecule has 2 aromatic carbocycles. The van der Waals surface area contributed by atoms with Gasteiger partial charge >= 0.3 is 0 Å². The first-order chi connectivity index (χ1) is 7.52. The SMILES string of the molecule is COc1cc(S(=O)(=O)Cl)cc2ccccc12. The van der Waals surface area contributed by atoms with Gasteiger partial charge in [0, 0.05) is 22.1 Å². The Kier molecular flexibility index (Phi) is 2.78. The van der Waals surface area contributed by atoms with Crippen LogP contribution >= 0.6 is 10.7 Å². The van der Waals surface area contributed by atoms with Gasteiger partial charge in [0.15, 0.2) is 0 Å². The lowest BCUT2D eigenvalue weighted by atomic mass is 10.1. The maximum atomic E-state index is 11.3. The molecule has 84 valence electrons. The molecule has 0 unspecified atom stereocenters. The van der Waals surface area contributed by atoms with E-state index in [-0.39, 0.29) is 4.90 Å². The summed E-state index contributed by atoms with van der Waals surface area (Å²) < 4.78 is 27.6. The second-order valence-corrected chi connectivity index (χ2v) is 5.85. The van der Waals surface area contributed by atoms with E-state index in [1.54, 1.807) is 0 Å². The molecule has 0 amide bonds. The van der Waals surface area contributed by atoms with E-state index in [1.165, 1.54) is 19.2 Å². The molecule has 0 aromatic heterocycles. The van der Waals surface area contributed by atoms with Gasteiger partial charge in [0.2, 0.25) is 0 Å². The quantitative estimate of drug-likeness (QED) is 0.776. The third-order valence-corrected chi connectivity index (χ3v) is 3.63.